The third kappa shape index (κ3) is 3.97. The standard InChI is InChI=1S/C19H11Br2NO2/c20-13-4-1-6-15(10-13)23-18-8-3-9-19(17(18)12-22)24-16-7-2-5-14(21)11-16/h1-11H. The van der Waals surface area contributed by atoms with Crippen LogP contribution in [0.2, 0.25) is 0 Å². The van der Waals surface area contributed by atoms with Gasteiger partial charge in [0.25, 0.3) is 0 Å². The molecule has 3 aromatic carbocycles. The molecule has 0 heterocycles. The normalized spacial score (nSPS) is 10.0. The SMILES string of the molecule is N#Cc1c(Oc2cccc(Br)c2)cccc1Oc1cccc(Br)c1. The second kappa shape index (κ2) is 7.52. The van der Waals surface area contributed by atoms with Crippen LogP contribution in [0.1, 0.15) is 5.56 Å². The van der Waals surface area contributed by atoms with Crippen LogP contribution in [0.3, 0.4) is 0 Å². The van der Waals surface area contributed by atoms with Crippen molar-refractivity contribution in [2.24, 2.45) is 0 Å². The van der Waals surface area contributed by atoms with Crippen molar-refractivity contribution in [1.29, 1.82) is 5.26 Å². The zero-order chi connectivity index (χ0) is 16.9. The van der Waals surface area contributed by atoms with Crippen molar-refractivity contribution in [3.8, 4) is 29.1 Å². The van der Waals surface area contributed by atoms with Crippen molar-refractivity contribution in [3.05, 3.63) is 81.2 Å². The summed E-state index contributed by atoms with van der Waals surface area (Å²) >= 11 is 6.80. The molecule has 0 spiro atoms. The summed E-state index contributed by atoms with van der Waals surface area (Å²) in [6.07, 6.45) is 0. The van der Waals surface area contributed by atoms with Gasteiger partial charge in [0, 0.05) is 8.95 Å². The quantitative estimate of drug-likeness (QED) is 0.451. The first-order chi connectivity index (χ1) is 11.7. The van der Waals surface area contributed by atoms with Crippen LogP contribution >= 0.6 is 31.9 Å². The molecule has 0 aliphatic carbocycles. The fourth-order valence-electron chi connectivity index (χ4n) is 2.11. The van der Waals surface area contributed by atoms with Crippen molar-refractivity contribution >= 4 is 31.9 Å². The van der Waals surface area contributed by atoms with E-state index in [1.807, 2.05) is 48.5 Å². The van der Waals surface area contributed by atoms with Gasteiger partial charge in [-0.2, -0.15) is 5.26 Å². The Balaban J connectivity index is 1.93. The van der Waals surface area contributed by atoms with Crippen LogP contribution in [0.15, 0.2) is 75.7 Å². The number of nitrogens with zero attached hydrogens (tertiary/aromatic N) is 1. The maximum atomic E-state index is 9.54. The van der Waals surface area contributed by atoms with E-state index in [4.69, 9.17) is 9.47 Å². The fourth-order valence-corrected chi connectivity index (χ4v) is 2.86. The van der Waals surface area contributed by atoms with Crippen molar-refractivity contribution < 1.29 is 9.47 Å². The second-order valence-electron chi connectivity index (χ2n) is 4.86. The molecule has 0 N–H and O–H groups in total. The molecule has 24 heavy (non-hydrogen) atoms. The van der Waals surface area contributed by atoms with E-state index >= 15 is 0 Å². The van der Waals surface area contributed by atoms with E-state index in [9.17, 15) is 5.26 Å². The van der Waals surface area contributed by atoms with Crippen molar-refractivity contribution in [1.82, 2.24) is 0 Å². The summed E-state index contributed by atoms with van der Waals surface area (Å²) in [6.45, 7) is 0. The molecule has 0 bridgehead atoms. The highest BCUT2D eigenvalue weighted by Gasteiger charge is 2.12. The van der Waals surface area contributed by atoms with Gasteiger partial charge in [-0.3, -0.25) is 0 Å². The van der Waals surface area contributed by atoms with Crippen molar-refractivity contribution in [2.45, 2.75) is 0 Å². The van der Waals surface area contributed by atoms with Gasteiger partial charge in [0.2, 0.25) is 0 Å². The Morgan fingerprint density at radius 3 is 1.58 bits per heavy atom. The Bertz CT molecular complexity index is 853. The highest BCUT2D eigenvalue weighted by molar-refractivity contribution is 9.10. The summed E-state index contributed by atoms with van der Waals surface area (Å²) in [5.41, 5.74) is 0.345. The van der Waals surface area contributed by atoms with Crippen LogP contribution in [-0.4, -0.2) is 0 Å². The monoisotopic (exact) mass is 443 g/mol. The maximum Gasteiger partial charge on any atom is 0.149 e. The summed E-state index contributed by atoms with van der Waals surface area (Å²) in [7, 11) is 0. The number of halogens is 2. The first-order valence-corrected chi connectivity index (χ1v) is 8.64. The third-order valence-electron chi connectivity index (χ3n) is 3.15. The highest BCUT2D eigenvalue weighted by atomic mass is 79.9. The lowest BCUT2D eigenvalue weighted by molar-refractivity contribution is 0.457. The van der Waals surface area contributed by atoms with Gasteiger partial charge in [-0.1, -0.05) is 50.1 Å². The van der Waals surface area contributed by atoms with Crippen LogP contribution < -0.4 is 9.47 Å². The van der Waals surface area contributed by atoms with Gasteiger partial charge < -0.3 is 9.47 Å². The average Bonchev–Trinajstić information content (AvgIpc) is 2.55. The predicted octanol–water partition coefficient (Wildman–Crippen LogP) is 6.67. The average molecular weight is 445 g/mol. The molecule has 3 rings (SSSR count). The topological polar surface area (TPSA) is 42.2 Å². The number of benzene rings is 3. The Kier molecular flexibility index (Phi) is 5.19. The summed E-state index contributed by atoms with van der Waals surface area (Å²) in [5.74, 6) is 2.17. The number of nitriles is 1. The third-order valence-corrected chi connectivity index (χ3v) is 4.13. The molecular weight excluding hydrogens is 434 g/mol. The molecule has 0 saturated heterocycles. The molecule has 0 unspecified atom stereocenters. The summed E-state index contributed by atoms with van der Waals surface area (Å²) in [5, 5.41) is 9.54. The van der Waals surface area contributed by atoms with E-state index in [2.05, 4.69) is 37.9 Å². The van der Waals surface area contributed by atoms with E-state index in [1.165, 1.54) is 0 Å². The molecule has 3 nitrogen and oxygen atoms in total. The second-order valence-corrected chi connectivity index (χ2v) is 6.69. The van der Waals surface area contributed by atoms with Crippen LogP contribution in [0.25, 0.3) is 0 Å². The Labute approximate surface area is 156 Å². The van der Waals surface area contributed by atoms with E-state index in [0.717, 1.165) is 8.95 Å². The zero-order valence-electron chi connectivity index (χ0n) is 12.4. The minimum Gasteiger partial charge on any atom is -0.456 e. The molecule has 0 aliphatic heterocycles. The smallest absolute Gasteiger partial charge is 0.149 e. The Morgan fingerprint density at radius 1 is 0.708 bits per heavy atom. The molecule has 0 atom stereocenters. The molecule has 5 heteroatoms. The maximum absolute atomic E-state index is 9.54. The van der Waals surface area contributed by atoms with Gasteiger partial charge in [-0.25, -0.2) is 0 Å². The Morgan fingerprint density at radius 2 is 1.17 bits per heavy atom. The van der Waals surface area contributed by atoms with Crippen LogP contribution in [0.4, 0.5) is 0 Å². The lowest BCUT2D eigenvalue weighted by atomic mass is 10.2. The van der Waals surface area contributed by atoms with Crippen LogP contribution in [-0.2, 0) is 0 Å². The van der Waals surface area contributed by atoms with Crippen LogP contribution in [0, 0.1) is 11.3 Å². The van der Waals surface area contributed by atoms with Gasteiger partial charge in [0.15, 0.2) is 0 Å². The molecule has 0 fully saturated rings. The Hall–Kier alpha value is -2.29. The minimum absolute atomic E-state index is 0.345. The molecule has 0 saturated carbocycles. The molecule has 118 valence electrons. The van der Waals surface area contributed by atoms with Gasteiger partial charge >= 0.3 is 0 Å². The number of hydrogen-bond donors (Lipinski definition) is 0. The molecule has 0 radical (unpaired) electrons. The molecular formula is C19H11Br2NO2. The van der Waals surface area contributed by atoms with E-state index in [1.54, 1.807) is 18.2 Å². The van der Waals surface area contributed by atoms with E-state index in [-0.39, 0.29) is 0 Å². The van der Waals surface area contributed by atoms with Gasteiger partial charge in [-0.15, -0.1) is 0 Å². The highest BCUT2D eigenvalue weighted by Crippen LogP contribution is 2.35. The number of ether oxygens (including phenoxy) is 2. The first-order valence-electron chi connectivity index (χ1n) is 7.05. The predicted molar refractivity (Wildman–Crippen MR) is 99.6 cm³/mol. The van der Waals surface area contributed by atoms with Crippen LogP contribution in [0.5, 0.6) is 23.0 Å². The van der Waals surface area contributed by atoms with E-state index < -0.39 is 0 Å². The molecule has 0 aromatic heterocycles. The van der Waals surface area contributed by atoms with Gasteiger partial charge in [-0.05, 0) is 48.5 Å². The zero-order valence-corrected chi connectivity index (χ0v) is 15.5. The lowest BCUT2D eigenvalue weighted by Gasteiger charge is -2.12. The minimum atomic E-state index is 0.345. The van der Waals surface area contributed by atoms with Gasteiger partial charge in [0.1, 0.15) is 34.6 Å². The summed E-state index contributed by atoms with van der Waals surface area (Å²) in [4.78, 5) is 0. The molecule has 0 amide bonds. The fraction of sp³-hybridized carbons (Fsp3) is 0. The van der Waals surface area contributed by atoms with Crippen molar-refractivity contribution in [3.63, 3.8) is 0 Å². The van der Waals surface area contributed by atoms with Crippen molar-refractivity contribution in [2.75, 3.05) is 0 Å². The lowest BCUT2D eigenvalue weighted by Crippen LogP contribution is -1.93. The largest absolute Gasteiger partial charge is 0.456 e. The number of rotatable bonds is 4. The number of hydrogen-bond acceptors (Lipinski definition) is 3. The molecule has 0 aliphatic rings. The summed E-state index contributed by atoms with van der Waals surface area (Å²) in [6, 6.07) is 22.3. The first kappa shape index (κ1) is 16.6. The summed E-state index contributed by atoms with van der Waals surface area (Å²) < 4.78 is 13.5. The van der Waals surface area contributed by atoms with E-state index in [0.29, 0.717) is 28.6 Å². The van der Waals surface area contributed by atoms with Gasteiger partial charge in [0.05, 0.1) is 0 Å². The molecule has 3 aromatic rings.